The highest BCUT2D eigenvalue weighted by molar-refractivity contribution is 6.34. The molecule has 0 bridgehead atoms. The molecule has 0 N–H and O–H groups in total. The molecule has 0 aromatic heterocycles. The van der Waals surface area contributed by atoms with Crippen LogP contribution in [0, 0.1) is 5.92 Å². The second-order valence-electron chi connectivity index (χ2n) is 5.68. The van der Waals surface area contributed by atoms with Crippen LogP contribution in [0.3, 0.4) is 0 Å². The zero-order valence-corrected chi connectivity index (χ0v) is 13.6. The lowest BCUT2D eigenvalue weighted by Gasteiger charge is -2.30. The van der Waals surface area contributed by atoms with Crippen molar-refractivity contribution in [3.05, 3.63) is 28.2 Å². The maximum absolute atomic E-state index is 6.05. The Bertz CT molecular complexity index is 425. The second-order valence-corrected chi connectivity index (χ2v) is 6.52. The van der Waals surface area contributed by atoms with Crippen LogP contribution in [0.4, 0.5) is 0 Å². The van der Waals surface area contributed by atoms with E-state index in [9.17, 15) is 0 Å². The number of ether oxygens (including phenoxy) is 1. The van der Waals surface area contributed by atoms with E-state index in [1.165, 1.54) is 38.9 Å². The summed E-state index contributed by atoms with van der Waals surface area (Å²) < 4.78 is 5.69. The van der Waals surface area contributed by atoms with Gasteiger partial charge in [-0.25, -0.2) is 0 Å². The third-order valence-electron chi connectivity index (χ3n) is 3.76. The number of nitrogens with zero attached hydrogens (tertiary/aromatic N) is 1. The summed E-state index contributed by atoms with van der Waals surface area (Å²) in [5.74, 6) is 1.54. The fourth-order valence-corrected chi connectivity index (χ4v) is 3.03. The van der Waals surface area contributed by atoms with Crippen LogP contribution in [-0.2, 0) is 0 Å². The van der Waals surface area contributed by atoms with Gasteiger partial charge in [0.15, 0.2) is 0 Å². The van der Waals surface area contributed by atoms with E-state index in [1.807, 2.05) is 0 Å². The first-order valence-corrected chi connectivity index (χ1v) is 8.21. The molecule has 0 spiro atoms. The standard InChI is InChI=1S/C16H23Cl2NO/c1-13-5-4-9-19(12-13)8-2-3-10-20-16-11-14(17)6-7-15(16)18/h6-7,11,13H,2-5,8-10,12H2,1H3/t13-/m0/s1. The number of unbranched alkanes of at least 4 members (excludes halogenated alkanes) is 1. The molecule has 0 aliphatic carbocycles. The SMILES string of the molecule is C[C@H]1CCCN(CCCCOc2cc(Cl)ccc2Cl)C1. The molecule has 1 heterocycles. The Morgan fingerprint density at radius 1 is 1.30 bits per heavy atom. The molecule has 1 aromatic carbocycles. The van der Waals surface area contributed by atoms with Gasteiger partial charge in [0.25, 0.3) is 0 Å². The maximum Gasteiger partial charge on any atom is 0.139 e. The van der Waals surface area contributed by atoms with Gasteiger partial charge in [-0.05, 0) is 56.8 Å². The number of hydrogen-bond donors (Lipinski definition) is 0. The van der Waals surface area contributed by atoms with E-state index in [-0.39, 0.29) is 0 Å². The lowest BCUT2D eigenvalue weighted by atomic mass is 10.0. The molecule has 2 rings (SSSR count). The first kappa shape index (κ1) is 15.9. The van der Waals surface area contributed by atoms with Crippen molar-refractivity contribution in [3.8, 4) is 5.75 Å². The van der Waals surface area contributed by atoms with Crippen molar-refractivity contribution in [1.82, 2.24) is 4.90 Å². The number of halogens is 2. The fraction of sp³-hybridized carbons (Fsp3) is 0.625. The normalized spacial score (nSPS) is 20.1. The molecule has 0 radical (unpaired) electrons. The van der Waals surface area contributed by atoms with E-state index in [2.05, 4.69) is 11.8 Å². The van der Waals surface area contributed by atoms with E-state index in [4.69, 9.17) is 27.9 Å². The van der Waals surface area contributed by atoms with E-state index in [0.29, 0.717) is 22.4 Å². The molecule has 2 nitrogen and oxygen atoms in total. The van der Waals surface area contributed by atoms with Crippen molar-refractivity contribution in [2.75, 3.05) is 26.2 Å². The van der Waals surface area contributed by atoms with Crippen molar-refractivity contribution in [2.24, 2.45) is 5.92 Å². The summed E-state index contributed by atoms with van der Waals surface area (Å²) in [5, 5.41) is 1.28. The lowest BCUT2D eigenvalue weighted by molar-refractivity contribution is 0.177. The molecular weight excluding hydrogens is 293 g/mol. The molecule has 1 aromatic rings. The summed E-state index contributed by atoms with van der Waals surface area (Å²) in [5.41, 5.74) is 0. The average Bonchev–Trinajstić information content (AvgIpc) is 2.42. The monoisotopic (exact) mass is 315 g/mol. The average molecular weight is 316 g/mol. The minimum absolute atomic E-state index is 0.624. The van der Waals surface area contributed by atoms with Crippen molar-refractivity contribution < 1.29 is 4.74 Å². The van der Waals surface area contributed by atoms with E-state index >= 15 is 0 Å². The van der Waals surface area contributed by atoms with Crippen LogP contribution in [0.25, 0.3) is 0 Å². The molecule has 1 atom stereocenters. The van der Waals surface area contributed by atoms with Gasteiger partial charge in [-0.3, -0.25) is 0 Å². The van der Waals surface area contributed by atoms with Crippen LogP contribution < -0.4 is 4.74 Å². The largest absolute Gasteiger partial charge is 0.492 e. The summed E-state index contributed by atoms with van der Waals surface area (Å²) in [6.45, 7) is 6.73. The van der Waals surface area contributed by atoms with Crippen LogP contribution in [0.1, 0.15) is 32.6 Å². The summed E-state index contributed by atoms with van der Waals surface area (Å²) in [7, 11) is 0. The Hall–Kier alpha value is -0.440. The number of hydrogen-bond acceptors (Lipinski definition) is 2. The van der Waals surface area contributed by atoms with Gasteiger partial charge in [0.1, 0.15) is 5.75 Å². The van der Waals surface area contributed by atoms with Gasteiger partial charge in [0.05, 0.1) is 11.6 Å². The van der Waals surface area contributed by atoms with Gasteiger partial charge >= 0.3 is 0 Å². The zero-order chi connectivity index (χ0) is 14.4. The Morgan fingerprint density at radius 2 is 2.15 bits per heavy atom. The molecular formula is C16H23Cl2NO. The first-order valence-electron chi connectivity index (χ1n) is 7.45. The smallest absolute Gasteiger partial charge is 0.139 e. The molecule has 1 saturated heterocycles. The van der Waals surface area contributed by atoms with Crippen LogP contribution >= 0.6 is 23.2 Å². The minimum Gasteiger partial charge on any atom is -0.492 e. The highest BCUT2D eigenvalue weighted by Gasteiger charge is 2.15. The van der Waals surface area contributed by atoms with Crippen LogP contribution in [-0.4, -0.2) is 31.1 Å². The van der Waals surface area contributed by atoms with Crippen molar-refractivity contribution >= 4 is 23.2 Å². The van der Waals surface area contributed by atoms with Gasteiger partial charge in [-0.15, -0.1) is 0 Å². The Balaban J connectivity index is 1.63. The Morgan fingerprint density at radius 3 is 2.95 bits per heavy atom. The van der Waals surface area contributed by atoms with Crippen LogP contribution in [0.2, 0.25) is 10.0 Å². The summed E-state index contributed by atoms with van der Waals surface area (Å²) in [4.78, 5) is 2.57. The molecule has 0 saturated carbocycles. The van der Waals surface area contributed by atoms with Gasteiger partial charge < -0.3 is 9.64 Å². The lowest BCUT2D eigenvalue weighted by Crippen LogP contribution is -2.35. The second kappa shape index (κ2) is 8.11. The van der Waals surface area contributed by atoms with Crippen LogP contribution in [0.15, 0.2) is 18.2 Å². The van der Waals surface area contributed by atoms with Crippen molar-refractivity contribution in [1.29, 1.82) is 0 Å². The molecule has 1 fully saturated rings. The number of likely N-dealkylation sites (tertiary alicyclic amines) is 1. The van der Waals surface area contributed by atoms with Gasteiger partial charge in [0, 0.05) is 17.6 Å². The van der Waals surface area contributed by atoms with Gasteiger partial charge in [-0.2, -0.15) is 0 Å². The molecule has 20 heavy (non-hydrogen) atoms. The predicted octanol–water partition coefficient (Wildman–Crippen LogP) is 4.88. The van der Waals surface area contributed by atoms with E-state index < -0.39 is 0 Å². The summed E-state index contributed by atoms with van der Waals surface area (Å²) in [6.07, 6.45) is 4.95. The number of rotatable bonds is 6. The summed E-state index contributed by atoms with van der Waals surface area (Å²) >= 11 is 12.0. The number of piperidine rings is 1. The zero-order valence-electron chi connectivity index (χ0n) is 12.1. The van der Waals surface area contributed by atoms with E-state index in [1.54, 1.807) is 18.2 Å². The van der Waals surface area contributed by atoms with Gasteiger partial charge in [0.2, 0.25) is 0 Å². The third-order valence-corrected chi connectivity index (χ3v) is 4.31. The fourth-order valence-electron chi connectivity index (χ4n) is 2.70. The van der Waals surface area contributed by atoms with Crippen LogP contribution in [0.5, 0.6) is 5.75 Å². The molecule has 0 amide bonds. The van der Waals surface area contributed by atoms with E-state index in [0.717, 1.165) is 12.3 Å². The molecule has 0 unspecified atom stereocenters. The number of benzene rings is 1. The molecule has 4 heteroatoms. The molecule has 1 aliphatic heterocycles. The quantitative estimate of drug-likeness (QED) is 0.693. The minimum atomic E-state index is 0.624. The van der Waals surface area contributed by atoms with Gasteiger partial charge in [-0.1, -0.05) is 30.1 Å². The Labute approximate surface area is 132 Å². The molecule has 112 valence electrons. The van der Waals surface area contributed by atoms with Crippen molar-refractivity contribution in [3.63, 3.8) is 0 Å². The summed E-state index contributed by atoms with van der Waals surface area (Å²) in [6, 6.07) is 5.32. The topological polar surface area (TPSA) is 12.5 Å². The highest BCUT2D eigenvalue weighted by Crippen LogP contribution is 2.27. The molecule has 1 aliphatic rings. The maximum atomic E-state index is 6.05. The first-order chi connectivity index (χ1) is 9.65. The highest BCUT2D eigenvalue weighted by atomic mass is 35.5. The third kappa shape index (κ3) is 5.16. The predicted molar refractivity (Wildman–Crippen MR) is 86.0 cm³/mol. The van der Waals surface area contributed by atoms with Crippen molar-refractivity contribution in [2.45, 2.75) is 32.6 Å². The Kier molecular flexibility index (Phi) is 6.47.